The topological polar surface area (TPSA) is 102 Å². The van der Waals surface area contributed by atoms with E-state index >= 15 is 0 Å². The lowest BCUT2D eigenvalue weighted by Crippen LogP contribution is -2.41. The normalized spacial score (nSPS) is 14.3. The van der Waals surface area contributed by atoms with Gasteiger partial charge in [0.1, 0.15) is 17.2 Å². The van der Waals surface area contributed by atoms with Gasteiger partial charge in [-0.05, 0) is 56.0 Å². The Morgan fingerprint density at radius 2 is 2.00 bits per heavy atom. The van der Waals surface area contributed by atoms with Crippen molar-refractivity contribution in [2.24, 2.45) is 5.92 Å². The van der Waals surface area contributed by atoms with Crippen molar-refractivity contribution in [3.8, 4) is 5.75 Å². The summed E-state index contributed by atoms with van der Waals surface area (Å²) in [7, 11) is 1.55. The number of amides is 2. The smallest absolute Gasteiger partial charge is 0.339 e. The first-order valence-electron chi connectivity index (χ1n) is 11.2. The fourth-order valence-corrected chi connectivity index (χ4v) is 4.36. The Hall–Kier alpha value is -3.39. The molecule has 3 heterocycles. The van der Waals surface area contributed by atoms with E-state index in [2.05, 4.69) is 10.3 Å². The molecule has 34 heavy (non-hydrogen) atoms. The van der Waals surface area contributed by atoms with Crippen LogP contribution in [-0.2, 0) is 16.0 Å². The molecule has 0 unspecified atom stereocenters. The predicted octanol–water partition coefficient (Wildman–Crippen LogP) is 3.97. The third-order valence-corrected chi connectivity index (χ3v) is 6.50. The highest BCUT2D eigenvalue weighted by atomic mass is 35.5. The number of methoxy groups -OCH3 is 1. The van der Waals surface area contributed by atoms with Crippen molar-refractivity contribution >= 4 is 40.2 Å². The van der Waals surface area contributed by atoms with Crippen LogP contribution in [0.4, 0.5) is 5.82 Å². The first-order chi connectivity index (χ1) is 16.4. The number of aromatic nitrogens is 1. The number of aryl methyl sites for hydroxylation is 1. The van der Waals surface area contributed by atoms with Crippen molar-refractivity contribution in [2.45, 2.75) is 32.6 Å². The highest BCUT2D eigenvalue weighted by Crippen LogP contribution is 2.25. The largest absolute Gasteiger partial charge is 0.497 e. The van der Waals surface area contributed by atoms with Crippen LogP contribution in [0.15, 0.2) is 45.7 Å². The van der Waals surface area contributed by atoms with Crippen molar-refractivity contribution in [1.82, 2.24) is 9.88 Å². The second kappa shape index (κ2) is 10.3. The maximum Gasteiger partial charge on any atom is 0.339 e. The van der Waals surface area contributed by atoms with Crippen molar-refractivity contribution in [1.29, 1.82) is 0 Å². The van der Waals surface area contributed by atoms with E-state index in [1.165, 1.54) is 6.20 Å². The van der Waals surface area contributed by atoms with E-state index in [1.54, 1.807) is 30.2 Å². The Morgan fingerprint density at radius 3 is 2.68 bits per heavy atom. The van der Waals surface area contributed by atoms with Gasteiger partial charge in [0.05, 0.1) is 12.1 Å². The molecule has 1 N–H and O–H groups in total. The molecule has 1 aliphatic rings. The average molecular weight is 484 g/mol. The lowest BCUT2D eigenvalue weighted by Gasteiger charge is -2.31. The number of carbonyl (C=O) groups excluding carboxylic acids is 2. The van der Waals surface area contributed by atoms with Gasteiger partial charge >= 0.3 is 5.63 Å². The number of piperidine rings is 1. The molecule has 178 valence electrons. The molecular formula is C25H26ClN3O5. The van der Waals surface area contributed by atoms with Crippen LogP contribution >= 0.6 is 11.6 Å². The summed E-state index contributed by atoms with van der Waals surface area (Å²) in [6.45, 7) is 2.86. The third kappa shape index (κ3) is 5.22. The zero-order chi connectivity index (χ0) is 24.2. The van der Waals surface area contributed by atoms with Crippen molar-refractivity contribution < 1.29 is 18.7 Å². The van der Waals surface area contributed by atoms with Gasteiger partial charge in [0.25, 0.3) is 0 Å². The number of benzene rings is 1. The zero-order valence-electron chi connectivity index (χ0n) is 19.1. The molecule has 1 aliphatic heterocycles. The Kier molecular flexibility index (Phi) is 7.17. The number of ether oxygens (including phenoxy) is 1. The molecule has 2 amide bonds. The summed E-state index contributed by atoms with van der Waals surface area (Å²) >= 11 is 5.82. The van der Waals surface area contributed by atoms with Crippen molar-refractivity contribution in [3.05, 3.63) is 63.1 Å². The van der Waals surface area contributed by atoms with Gasteiger partial charge in [-0.3, -0.25) is 9.59 Å². The lowest BCUT2D eigenvalue weighted by molar-refractivity contribution is -0.134. The van der Waals surface area contributed by atoms with Gasteiger partial charge in [-0.15, -0.1) is 0 Å². The number of nitrogens with one attached hydrogen (secondary N) is 1. The van der Waals surface area contributed by atoms with E-state index in [9.17, 15) is 14.4 Å². The van der Waals surface area contributed by atoms with Crippen LogP contribution < -0.4 is 15.7 Å². The first-order valence-corrected chi connectivity index (χ1v) is 11.5. The van der Waals surface area contributed by atoms with Crippen molar-refractivity contribution in [2.75, 3.05) is 25.5 Å². The maximum absolute atomic E-state index is 12.8. The van der Waals surface area contributed by atoms with Crippen molar-refractivity contribution in [3.63, 3.8) is 0 Å². The fourth-order valence-electron chi connectivity index (χ4n) is 4.25. The molecule has 0 spiro atoms. The summed E-state index contributed by atoms with van der Waals surface area (Å²) in [5, 5.41) is 4.12. The van der Waals surface area contributed by atoms with E-state index in [0.29, 0.717) is 60.1 Å². The molecule has 0 atom stereocenters. The molecule has 0 bridgehead atoms. The summed E-state index contributed by atoms with van der Waals surface area (Å²) in [6.07, 6.45) is 3.14. The van der Waals surface area contributed by atoms with E-state index in [1.807, 2.05) is 19.1 Å². The molecule has 2 aromatic heterocycles. The van der Waals surface area contributed by atoms with Crippen LogP contribution in [0, 0.1) is 12.8 Å². The molecule has 1 saturated heterocycles. The molecule has 8 nitrogen and oxygen atoms in total. The molecule has 4 rings (SSSR count). The standard InChI is InChI=1S/C25H26ClN3O5/c1-15-19-5-4-18(33-2)13-21(19)34-25(32)20(15)6-8-23(30)29-11-9-16(10-12-29)24(31)28-22-7-3-17(26)14-27-22/h3-5,7,13-14,16H,6,8-12H2,1-2H3,(H,27,28,31). The van der Waals surface area contributed by atoms with Gasteiger partial charge in [0, 0.05) is 48.6 Å². The Balaban J connectivity index is 1.33. The molecule has 0 radical (unpaired) electrons. The highest BCUT2D eigenvalue weighted by molar-refractivity contribution is 6.30. The first kappa shape index (κ1) is 23.8. The second-order valence-corrected chi connectivity index (χ2v) is 8.80. The number of fused-ring (bicyclic) bond motifs is 1. The summed E-state index contributed by atoms with van der Waals surface area (Å²) in [5.41, 5.74) is 1.35. The SMILES string of the molecule is COc1ccc2c(C)c(CCC(=O)N3CCC(C(=O)Nc4ccc(Cl)cn4)CC3)c(=O)oc2c1. The molecule has 0 saturated carbocycles. The fraction of sp³-hybridized carbons (Fsp3) is 0.360. The van der Waals surface area contributed by atoms with E-state index < -0.39 is 5.63 Å². The average Bonchev–Trinajstić information content (AvgIpc) is 2.84. The monoisotopic (exact) mass is 483 g/mol. The zero-order valence-corrected chi connectivity index (χ0v) is 19.9. The molecule has 9 heteroatoms. The predicted molar refractivity (Wildman–Crippen MR) is 129 cm³/mol. The number of halogens is 1. The number of pyridine rings is 1. The number of nitrogens with zero attached hydrogens (tertiary/aromatic N) is 2. The van der Waals surface area contributed by atoms with Gasteiger partial charge in [0.2, 0.25) is 11.8 Å². The van der Waals surface area contributed by atoms with E-state index in [0.717, 1.165) is 10.9 Å². The summed E-state index contributed by atoms with van der Waals surface area (Å²) in [6, 6.07) is 8.67. The van der Waals surface area contributed by atoms with Gasteiger partial charge in [-0.2, -0.15) is 0 Å². The molecule has 1 aromatic carbocycles. The number of hydrogen-bond donors (Lipinski definition) is 1. The Bertz CT molecular complexity index is 1260. The highest BCUT2D eigenvalue weighted by Gasteiger charge is 2.27. The summed E-state index contributed by atoms with van der Waals surface area (Å²) in [4.78, 5) is 43.7. The van der Waals surface area contributed by atoms with Crippen LogP contribution in [0.5, 0.6) is 5.75 Å². The second-order valence-electron chi connectivity index (χ2n) is 8.36. The number of hydrogen-bond acceptors (Lipinski definition) is 6. The van der Waals surface area contributed by atoms with Crippen LogP contribution in [0.2, 0.25) is 5.02 Å². The van der Waals surface area contributed by atoms with Gasteiger partial charge in [0.15, 0.2) is 0 Å². The number of rotatable bonds is 6. The van der Waals surface area contributed by atoms with E-state index in [-0.39, 0.29) is 24.2 Å². The van der Waals surface area contributed by atoms with Gasteiger partial charge < -0.3 is 19.4 Å². The number of carbonyl (C=O) groups is 2. The molecule has 3 aromatic rings. The number of anilines is 1. The summed E-state index contributed by atoms with van der Waals surface area (Å²) in [5.74, 6) is 0.735. The third-order valence-electron chi connectivity index (χ3n) is 6.28. The van der Waals surface area contributed by atoms with Crippen LogP contribution in [0.3, 0.4) is 0 Å². The van der Waals surface area contributed by atoms with Gasteiger partial charge in [-0.25, -0.2) is 9.78 Å². The lowest BCUT2D eigenvalue weighted by atomic mass is 9.95. The molecule has 1 fully saturated rings. The van der Waals surface area contributed by atoms with Crippen LogP contribution in [-0.4, -0.2) is 41.9 Å². The minimum absolute atomic E-state index is 0.0353. The van der Waals surface area contributed by atoms with Crippen LogP contribution in [0.25, 0.3) is 11.0 Å². The minimum Gasteiger partial charge on any atom is -0.497 e. The summed E-state index contributed by atoms with van der Waals surface area (Å²) < 4.78 is 10.7. The minimum atomic E-state index is -0.433. The molecular weight excluding hydrogens is 458 g/mol. The Labute approximate surface area is 201 Å². The van der Waals surface area contributed by atoms with Gasteiger partial charge in [-0.1, -0.05) is 11.6 Å². The van der Waals surface area contributed by atoms with Crippen LogP contribution in [0.1, 0.15) is 30.4 Å². The molecule has 0 aliphatic carbocycles. The Morgan fingerprint density at radius 1 is 1.24 bits per heavy atom. The van der Waals surface area contributed by atoms with E-state index in [4.69, 9.17) is 20.8 Å². The number of likely N-dealkylation sites (tertiary alicyclic amines) is 1. The maximum atomic E-state index is 12.8. The quantitative estimate of drug-likeness (QED) is 0.532.